The van der Waals surface area contributed by atoms with Crippen LogP contribution in [0, 0.1) is 5.92 Å². The highest BCUT2D eigenvalue weighted by atomic mass is 16.2. The van der Waals surface area contributed by atoms with Crippen LogP contribution in [0.25, 0.3) is 11.3 Å². The fraction of sp³-hybridized carbons (Fsp3) is 0.680. The molecule has 1 atom stereocenters. The molecule has 1 aliphatic carbocycles. The standard InChI is InChI=1S/C25H36N6O/c1-29-18-21(22-11-12-26-25(27-22)30-13-5-6-14-30)24(28-29)20-10-7-15-31(17-20)23(32)16-19-8-3-2-4-9-19/h11-12,18-20H,2-10,13-17H2,1H3/t20-/m0/s1. The van der Waals surface area contributed by atoms with Gasteiger partial charge >= 0.3 is 0 Å². The summed E-state index contributed by atoms with van der Waals surface area (Å²) in [5.74, 6) is 2.02. The van der Waals surface area contributed by atoms with Crippen molar-refractivity contribution in [3.63, 3.8) is 0 Å². The van der Waals surface area contributed by atoms with E-state index in [1.165, 1.54) is 44.9 Å². The van der Waals surface area contributed by atoms with Crippen LogP contribution in [0.3, 0.4) is 0 Å². The predicted octanol–water partition coefficient (Wildman–Crippen LogP) is 4.15. The summed E-state index contributed by atoms with van der Waals surface area (Å²) >= 11 is 0. The van der Waals surface area contributed by atoms with Crippen LogP contribution in [0.1, 0.15) is 75.8 Å². The smallest absolute Gasteiger partial charge is 0.225 e. The zero-order valence-electron chi connectivity index (χ0n) is 19.4. The highest BCUT2D eigenvalue weighted by Crippen LogP contribution is 2.34. The van der Waals surface area contributed by atoms with E-state index in [1.807, 2.05) is 24.0 Å². The van der Waals surface area contributed by atoms with Crippen molar-refractivity contribution < 1.29 is 4.79 Å². The summed E-state index contributed by atoms with van der Waals surface area (Å²) in [6.45, 7) is 3.73. The molecule has 5 rings (SSSR count). The van der Waals surface area contributed by atoms with E-state index >= 15 is 0 Å². The first-order valence-corrected chi connectivity index (χ1v) is 12.6. The lowest BCUT2D eigenvalue weighted by atomic mass is 9.86. The lowest BCUT2D eigenvalue weighted by Gasteiger charge is -2.34. The third-order valence-corrected chi connectivity index (χ3v) is 7.51. The second kappa shape index (κ2) is 9.59. The van der Waals surface area contributed by atoms with Gasteiger partial charge in [-0.1, -0.05) is 19.3 Å². The molecule has 2 aromatic rings. The average Bonchev–Trinajstić information content (AvgIpc) is 3.50. The third kappa shape index (κ3) is 4.66. The van der Waals surface area contributed by atoms with E-state index < -0.39 is 0 Å². The predicted molar refractivity (Wildman–Crippen MR) is 125 cm³/mol. The number of rotatable bonds is 5. The normalized spacial score (nSPS) is 22.5. The number of nitrogens with zero attached hydrogens (tertiary/aromatic N) is 6. The van der Waals surface area contributed by atoms with E-state index in [0.717, 1.165) is 68.3 Å². The molecule has 0 radical (unpaired) electrons. The van der Waals surface area contributed by atoms with Gasteiger partial charge in [0.05, 0.1) is 11.4 Å². The highest BCUT2D eigenvalue weighted by Gasteiger charge is 2.30. The van der Waals surface area contributed by atoms with Crippen LogP contribution in [-0.2, 0) is 11.8 Å². The first-order valence-electron chi connectivity index (χ1n) is 12.6. The largest absolute Gasteiger partial charge is 0.342 e. The van der Waals surface area contributed by atoms with Crippen molar-refractivity contribution in [3.8, 4) is 11.3 Å². The summed E-state index contributed by atoms with van der Waals surface area (Å²) in [6.07, 6.45) is 15.6. The van der Waals surface area contributed by atoms with Crippen molar-refractivity contribution in [1.29, 1.82) is 0 Å². The number of piperidine rings is 1. The zero-order valence-corrected chi connectivity index (χ0v) is 19.4. The Morgan fingerprint density at radius 2 is 1.84 bits per heavy atom. The van der Waals surface area contributed by atoms with Gasteiger partial charge in [0.15, 0.2) is 0 Å². The topological polar surface area (TPSA) is 67.2 Å². The molecule has 32 heavy (non-hydrogen) atoms. The van der Waals surface area contributed by atoms with Crippen LogP contribution in [0.15, 0.2) is 18.5 Å². The molecule has 4 heterocycles. The summed E-state index contributed by atoms with van der Waals surface area (Å²) in [5.41, 5.74) is 3.10. The number of anilines is 1. The molecule has 7 nitrogen and oxygen atoms in total. The quantitative estimate of drug-likeness (QED) is 0.704. The van der Waals surface area contributed by atoms with Crippen molar-refractivity contribution in [1.82, 2.24) is 24.6 Å². The first-order chi connectivity index (χ1) is 15.7. The van der Waals surface area contributed by atoms with Crippen LogP contribution in [0.4, 0.5) is 5.95 Å². The third-order valence-electron chi connectivity index (χ3n) is 7.51. The fourth-order valence-corrected chi connectivity index (χ4v) is 5.77. The van der Waals surface area contributed by atoms with Gasteiger partial charge in [0.2, 0.25) is 11.9 Å². The number of hydrogen-bond donors (Lipinski definition) is 0. The Kier molecular flexibility index (Phi) is 6.42. The number of aryl methyl sites for hydroxylation is 1. The fourth-order valence-electron chi connectivity index (χ4n) is 5.77. The Labute approximate surface area is 191 Å². The molecule has 7 heteroatoms. The van der Waals surface area contributed by atoms with Crippen molar-refractivity contribution in [3.05, 3.63) is 24.2 Å². The molecule has 2 saturated heterocycles. The number of amides is 1. The molecule has 0 N–H and O–H groups in total. The zero-order chi connectivity index (χ0) is 21.9. The summed E-state index contributed by atoms with van der Waals surface area (Å²) < 4.78 is 1.89. The molecule has 3 fully saturated rings. The molecule has 0 aromatic carbocycles. The summed E-state index contributed by atoms with van der Waals surface area (Å²) in [7, 11) is 1.98. The van der Waals surface area contributed by atoms with Gasteiger partial charge in [-0.25, -0.2) is 9.97 Å². The van der Waals surface area contributed by atoms with Gasteiger partial charge in [0.25, 0.3) is 0 Å². The van der Waals surface area contributed by atoms with Gasteiger partial charge < -0.3 is 9.80 Å². The highest BCUT2D eigenvalue weighted by molar-refractivity contribution is 5.76. The number of carbonyl (C=O) groups is 1. The molecular weight excluding hydrogens is 400 g/mol. The molecule has 3 aliphatic rings. The van der Waals surface area contributed by atoms with Crippen molar-refractivity contribution in [2.24, 2.45) is 13.0 Å². The number of likely N-dealkylation sites (tertiary alicyclic amines) is 1. The van der Waals surface area contributed by atoms with Gasteiger partial charge in [0, 0.05) is 63.5 Å². The number of carbonyl (C=O) groups excluding carboxylic acids is 1. The van der Waals surface area contributed by atoms with Crippen LogP contribution in [0.2, 0.25) is 0 Å². The molecule has 172 valence electrons. The van der Waals surface area contributed by atoms with E-state index in [2.05, 4.69) is 21.0 Å². The molecule has 0 unspecified atom stereocenters. The van der Waals surface area contributed by atoms with Crippen molar-refractivity contribution in [2.45, 2.75) is 70.1 Å². The Morgan fingerprint density at radius 1 is 1.03 bits per heavy atom. The van der Waals surface area contributed by atoms with Gasteiger partial charge in [-0.2, -0.15) is 5.10 Å². The van der Waals surface area contributed by atoms with Crippen LogP contribution >= 0.6 is 0 Å². The molecule has 1 amide bonds. The first kappa shape index (κ1) is 21.4. The van der Waals surface area contributed by atoms with Gasteiger partial charge in [0.1, 0.15) is 0 Å². The summed E-state index contributed by atoms with van der Waals surface area (Å²) in [6, 6.07) is 1.99. The van der Waals surface area contributed by atoms with Crippen LogP contribution in [-0.4, -0.2) is 56.7 Å². The van der Waals surface area contributed by atoms with Gasteiger partial charge in [-0.3, -0.25) is 9.48 Å². The van der Waals surface area contributed by atoms with Crippen molar-refractivity contribution >= 4 is 11.9 Å². The minimum atomic E-state index is 0.264. The minimum absolute atomic E-state index is 0.264. The van der Waals surface area contributed by atoms with Gasteiger partial charge in [-0.15, -0.1) is 0 Å². The molecule has 1 saturated carbocycles. The van der Waals surface area contributed by atoms with E-state index in [9.17, 15) is 4.79 Å². The lowest BCUT2D eigenvalue weighted by Crippen LogP contribution is -2.40. The lowest BCUT2D eigenvalue weighted by molar-refractivity contribution is -0.133. The van der Waals surface area contributed by atoms with E-state index in [4.69, 9.17) is 10.1 Å². The number of hydrogen-bond acceptors (Lipinski definition) is 5. The Morgan fingerprint density at radius 3 is 2.66 bits per heavy atom. The summed E-state index contributed by atoms with van der Waals surface area (Å²) in [5, 5.41) is 4.85. The molecule has 0 spiro atoms. The Bertz CT molecular complexity index is 928. The molecule has 0 bridgehead atoms. The second-order valence-corrected chi connectivity index (χ2v) is 9.92. The van der Waals surface area contributed by atoms with Gasteiger partial charge in [-0.05, 0) is 50.5 Å². The molecular formula is C25H36N6O. The monoisotopic (exact) mass is 436 g/mol. The maximum absolute atomic E-state index is 13.1. The SMILES string of the molecule is Cn1cc(-c2ccnc(N3CCCC3)n2)c([C@H]2CCCN(C(=O)CC3CCCCC3)C2)n1. The van der Waals surface area contributed by atoms with Crippen LogP contribution < -0.4 is 4.90 Å². The molecule has 2 aromatic heterocycles. The van der Waals surface area contributed by atoms with Crippen molar-refractivity contribution in [2.75, 3.05) is 31.1 Å². The average molecular weight is 437 g/mol. The summed E-state index contributed by atoms with van der Waals surface area (Å²) in [4.78, 5) is 26.9. The minimum Gasteiger partial charge on any atom is -0.342 e. The van der Waals surface area contributed by atoms with E-state index in [-0.39, 0.29) is 5.92 Å². The van der Waals surface area contributed by atoms with E-state index in [1.54, 1.807) is 0 Å². The number of aromatic nitrogens is 4. The maximum atomic E-state index is 13.1. The van der Waals surface area contributed by atoms with Crippen LogP contribution in [0.5, 0.6) is 0 Å². The Balaban J connectivity index is 1.33. The second-order valence-electron chi connectivity index (χ2n) is 9.92. The maximum Gasteiger partial charge on any atom is 0.225 e. The molecule has 2 aliphatic heterocycles. The van der Waals surface area contributed by atoms with E-state index in [0.29, 0.717) is 11.8 Å². The Hall–Kier alpha value is -2.44.